The summed E-state index contributed by atoms with van der Waals surface area (Å²) >= 11 is 0. The maximum atomic E-state index is 13.2. The van der Waals surface area contributed by atoms with E-state index in [2.05, 4.69) is 22.5 Å². The summed E-state index contributed by atoms with van der Waals surface area (Å²) in [6.07, 6.45) is 1.08. The Hall–Kier alpha value is -4.14. The number of aromatic nitrogens is 2. The van der Waals surface area contributed by atoms with Crippen LogP contribution in [-0.2, 0) is 21.4 Å². The molecule has 1 aromatic heterocycles. The number of nitrogens with zero attached hydrogens (tertiary/aromatic N) is 3. The van der Waals surface area contributed by atoms with E-state index in [0.29, 0.717) is 12.1 Å². The molecule has 35 heavy (non-hydrogen) atoms. The van der Waals surface area contributed by atoms with Gasteiger partial charge in [0.05, 0.1) is 5.69 Å². The highest BCUT2D eigenvalue weighted by atomic mass is 16.5. The first kappa shape index (κ1) is 24.0. The molecule has 0 spiro atoms. The molecule has 1 aliphatic carbocycles. The van der Waals surface area contributed by atoms with Crippen LogP contribution in [0, 0.1) is 0 Å². The third kappa shape index (κ3) is 5.18. The molecule has 3 aromatic rings. The fourth-order valence-electron chi connectivity index (χ4n) is 4.49. The lowest BCUT2D eigenvalue weighted by atomic mass is 9.98. The average Bonchev–Trinajstić information content (AvgIpc) is 3.41. The second-order valence-corrected chi connectivity index (χ2v) is 8.54. The lowest BCUT2D eigenvalue weighted by Crippen LogP contribution is -2.43. The van der Waals surface area contributed by atoms with Crippen molar-refractivity contribution in [2.24, 2.45) is 7.05 Å². The number of nitrogens with one attached hydrogen (secondary N) is 1. The Kier molecular flexibility index (Phi) is 7.14. The number of likely N-dealkylation sites (N-methyl/N-ethyl adjacent to an activating group) is 1. The highest BCUT2D eigenvalue weighted by Crippen LogP contribution is 2.44. The van der Waals surface area contributed by atoms with Gasteiger partial charge in [-0.3, -0.25) is 14.3 Å². The van der Waals surface area contributed by atoms with Gasteiger partial charge in [-0.1, -0.05) is 48.5 Å². The summed E-state index contributed by atoms with van der Waals surface area (Å²) in [5.41, 5.74) is 4.94. The molecule has 0 radical (unpaired) electrons. The standard InChI is InChI=1S/C26H28N4O5/c1-29(15-7-12-23(31)32)25(33)24(22-13-14-27-30(22)2)28-26(34)35-16-21-19-10-5-3-8-17(19)18-9-4-6-11-20(18)21/h3-6,8-11,13-14,21,24H,7,12,15-16H2,1-2H3,(H,28,34)(H,31,32). The number of benzene rings is 2. The number of aliphatic carboxylic acids is 1. The molecule has 0 fully saturated rings. The number of carboxylic acids is 1. The summed E-state index contributed by atoms with van der Waals surface area (Å²) in [5, 5.41) is 15.7. The van der Waals surface area contributed by atoms with Crippen molar-refractivity contribution >= 4 is 18.0 Å². The third-order valence-electron chi connectivity index (χ3n) is 6.27. The number of carboxylic acid groups (broad SMARTS) is 1. The Balaban J connectivity index is 1.46. The normalized spacial score (nSPS) is 13.0. The highest BCUT2D eigenvalue weighted by Gasteiger charge is 2.31. The second-order valence-electron chi connectivity index (χ2n) is 8.54. The monoisotopic (exact) mass is 476 g/mol. The summed E-state index contributed by atoms with van der Waals surface area (Å²) < 4.78 is 7.13. The van der Waals surface area contributed by atoms with Gasteiger partial charge in [-0.05, 0) is 34.7 Å². The zero-order valence-electron chi connectivity index (χ0n) is 19.7. The molecule has 1 aliphatic rings. The van der Waals surface area contributed by atoms with Crippen molar-refractivity contribution < 1.29 is 24.2 Å². The second kappa shape index (κ2) is 10.4. The van der Waals surface area contributed by atoms with E-state index in [1.165, 1.54) is 9.58 Å². The summed E-state index contributed by atoms with van der Waals surface area (Å²) in [7, 11) is 3.26. The lowest BCUT2D eigenvalue weighted by Gasteiger charge is -2.25. The van der Waals surface area contributed by atoms with Crippen molar-refractivity contribution in [2.45, 2.75) is 24.8 Å². The van der Waals surface area contributed by atoms with Crippen molar-refractivity contribution in [3.8, 4) is 11.1 Å². The van der Waals surface area contributed by atoms with Gasteiger partial charge in [0.1, 0.15) is 6.61 Å². The van der Waals surface area contributed by atoms with Gasteiger partial charge >= 0.3 is 12.1 Å². The smallest absolute Gasteiger partial charge is 0.408 e. The van der Waals surface area contributed by atoms with E-state index in [0.717, 1.165) is 22.3 Å². The van der Waals surface area contributed by atoms with Crippen LogP contribution in [0.1, 0.15) is 41.6 Å². The number of hydrogen-bond donors (Lipinski definition) is 2. The van der Waals surface area contributed by atoms with Crippen LogP contribution >= 0.6 is 0 Å². The van der Waals surface area contributed by atoms with Crippen LogP contribution in [0.25, 0.3) is 11.1 Å². The molecule has 1 heterocycles. The molecule has 1 atom stereocenters. The van der Waals surface area contributed by atoms with E-state index in [9.17, 15) is 14.4 Å². The van der Waals surface area contributed by atoms with Crippen LogP contribution in [0.4, 0.5) is 4.79 Å². The molecule has 0 aliphatic heterocycles. The Morgan fingerprint density at radius 3 is 2.29 bits per heavy atom. The largest absolute Gasteiger partial charge is 0.481 e. The lowest BCUT2D eigenvalue weighted by molar-refractivity contribution is -0.138. The van der Waals surface area contributed by atoms with Crippen molar-refractivity contribution in [1.29, 1.82) is 0 Å². The molecule has 9 heteroatoms. The van der Waals surface area contributed by atoms with Crippen molar-refractivity contribution in [3.63, 3.8) is 0 Å². The molecule has 1 unspecified atom stereocenters. The topological polar surface area (TPSA) is 114 Å². The minimum Gasteiger partial charge on any atom is -0.481 e. The number of alkyl carbamates (subject to hydrolysis) is 1. The van der Waals surface area contributed by atoms with Gasteiger partial charge in [0, 0.05) is 39.2 Å². The average molecular weight is 477 g/mol. The van der Waals surface area contributed by atoms with Gasteiger partial charge in [0.15, 0.2) is 6.04 Å². The van der Waals surface area contributed by atoms with Gasteiger partial charge < -0.3 is 20.1 Å². The summed E-state index contributed by atoms with van der Waals surface area (Å²) in [5.74, 6) is -1.41. The quantitative estimate of drug-likeness (QED) is 0.490. The number of aryl methyl sites for hydroxylation is 1. The molecule has 182 valence electrons. The van der Waals surface area contributed by atoms with Crippen molar-refractivity contribution in [2.75, 3.05) is 20.2 Å². The number of fused-ring (bicyclic) bond motifs is 3. The minimum atomic E-state index is -1.02. The minimum absolute atomic E-state index is 0.0478. The molecule has 2 N–H and O–H groups in total. The number of carbonyl (C=O) groups is 3. The molecule has 0 bridgehead atoms. The predicted octanol–water partition coefficient (Wildman–Crippen LogP) is 3.32. The highest BCUT2D eigenvalue weighted by molar-refractivity contribution is 5.86. The SMILES string of the molecule is CN(CCCC(=O)O)C(=O)C(NC(=O)OCC1c2ccccc2-c2ccccc21)c1ccnn1C. The van der Waals surface area contributed by atoms with Gasteiger partial charge in [-0.25, -0.2) is 4.79 Å². The van der Waals surface area contributed by atoms with Gasteiger partial charge in [0.25, 0.3) is 5.91 Å². The van der Waals surface area contributed by atoms with E-state index >= 15 is 0 Å². The first-order chi connectivity index (χ1) is 16.9. The molecule has 0 saturated carbocycles. The Morgan fingerprint density at radius 2 is 1.71 bits per heavy atom. The molecule has 2 aromatic carbocycles. The van der Waals surface area contributed by atoms with Crippen LogP contribution in [-0.4, -0.2) is 58.0 Å². The van der Waals surface area contributed by atoms with Crippen LogP contribution in [0.15, 0.2) is 60.8 Å². The Labute approximate surface area is 203 Å². The predicted molar refractivity (Wildman–Crippen MR) is 129 cm³/mol. The summed E-state index contributed by atoms with van der Waals surface area (Å²) in [6, 6.07) is 16.7. The van der Waals surface area contributed by atoms with Crippen LogP contribution < -0.4 is 5.32 Å². The van der Waals surface area contributed by atoms with Gasteiger partial charge in [-0.2, -0.15) is 5.10 Å². The van der Waals surface area contributed by atoms with E-state index in [1.54, 1.807) is 26.4 Å². The van der Waals surface area contributed by atoms with Crippen LogP contribution in [0.5, 0.6) is 0 Å². The fourth-order valence-corrected chi connectivity index (χ4v) is 4.49. The van der Waals surface area contributed by atoms with Gasteiger partial charge in [0.2, 0.25) is 0 Å². The number of hydrogen-bond acceptors (Lipinski definition) is 5. The molecular formula is C26H28N4O5. The Bertz CT molecular complexity index is 1190. The third-order valence-corrected chi connectivity index (χ3v) is 6.27. The Morgan fingerprint density at radius 1 is 1.09 bits per heavy atom. The van der Waals surface area contributed by atoms with E-state index in [4.69, 9.17) is 9.84 Å². The number of amides is 2. The van der Waals surface area contributed by atoms with E-state index < -0.39 is 18.1 Å². The molecule has 9 nitrogen and oxygen atoms in total. The molecular weight excluding hydrogens is 448 g/mol. The van der Waals surface area contributed by atoms with Crippen molar-refractivity contribution in [1.82, 2.24) is 20.0 Å². The van der Waals surface area contributed by atoms with Crippen LogP contribution in [0.3, 0.4) is 0 Å². The molecule has 2 amide bonds. The summed E-state index contributed by atoms with van der Waals surface area (Å²) in [6.45, 7) is 0.368. The van der Waals surface area contributed by atoms with Gasteiger partial charge in [-0.15, -0.1) is 0 Å². The maximum Gasteiger partial charge on any atom is 0.408 e. The first-order valence-electron chi connectivity index (χ1n) is 11.4. The van der Waals surface area contributed by atoms with E-state index in [-0.39, 0.29) is 31.4 Å². The van der Waals surface area contributed by atoms with E-state index in [1.807, 2.05) is 36.4 Å². The maximum absolute atomic E-state index is 13.2. The van der Waals surface area contributed by atoms with Crippen LogP contribution in [0.2, 0.25) is 0 Å². The zero-order valence-corrected chi connectivity index (χ0v) is 19.7. The molecule has 4 rings (SSSR count). The fraction of sp³-hybridized carbons (Fsp3) is 0.308. The number of ether oxygens (including phenoxy) is 1. The van der Waals surface area contributed by atoms with Crippen molar-refractivity contribution in [3.05, 3.63) is 77.6 Å². The number of rotatable bonds is 9. The summed E-state index contributed by atoms with van der Waals surface area (Å²) in [4.78, 5) is 38.2. The first-order valence-corrected chi connectivity index (χ1v) is 11.4. The molecule has 0 saturated heterocycles. The number of carbonyl (C=O) groups excluding carboxylic acids is 2. The zero-order chi connectivity index (χ0) is 24.9.